The van der Waals surface area contributed by atoms with E-state index in [1.807, 2.05) is 5.01 Å². The summed E-state index contributed by atoms with van der Waals surface area (Å²) in [6, 6.07) is 0. The van der Waals surface area contributed by atoms with E-state index in [4.69, 9.17) is 5.84 Å². The van der Waals surface area contributed by atoms with Crippen LogP contribution in [0.1, 0.15) is 19.8 Å². The predicted octanol–water partition coefficient (Wildman–Crippen LogP) is 0.278. The SMILES string of the molecule is CCN1CCCC2(CN(N)C2)C1. The lowest BCUT2D eigenvalue weighted by molar-refractivity contribution is -0.0537. The van der Waals surface area contributed by atoms with Crippen LogP contribution in [0, 0.1) is 5.41 Å². The molecule has 2 fully saturated rings. The van der Waals surface area contributed by atoms with Crippen molar-refractivity contribution < 1.29 is 0 Å². The molecule has 0 aromatic carbocycles. The fourth-order valence-electron chi connectivity index (χ4n) is 2.65. The Morgan fingerprint density at radius 3 is 2.67 bits per heavy atom. The average Bonchev–Trinajstić information content (AvgIpc) is 2.02. The lowest BCUT2D eigenvalue weighted by Gasteiger charge is -2.53. The topological polar surface area (TPSA) is 32.5 Å². The lowest BCUT2D eigenvalue weighted by Crippen LogP contribution is -2.64. The molecule has 3 nitrogen and oxygen atoms in total. The molecule has 0 atom stereocenters. The number of hydrogen-bond donors (Lipinski definition) is 1. The van der Waals surface area contributed by atoms with Gasteiger partial charge < -0.3 is 4.90 Å². The van der Waals surface area contributed by atoms with E-state index >= 15 is 0 Å². The second kappa shape index (κ2) is 2.98. The molecule has 0 aromatic rings. The Kier molecular flexibility index (Phi) is 2.10. The molecule has 12 heavy (non-hydrogen) atoms. The Morgan fingerprint density at radius 1 is 1.33 bits per heavy atom. The maximum Gasteiger partial charge on any atom is 0.0210 e. The first kappa shape index (κ1) is 8.48. The molecule has 0 amide bonds. The zero-order valence-electron chi connectivity index (χ0n) is 7.92. The van der Waals surface area contributed by atoms with E-state index in [1.165, 1.54) is 32.5 Å². The Labute approximate surface area is 74.5 Å². The molecule has 2 aliphatic heterocycles. The summed E-state index contributed by atoms with van der Waals surface area (Å²) in [6.07, 6.45) is 2.75. The predicted molar refractivity (Wildman–Crippen MR) is 49.5 cm³/mol. The monoisotopic (exact) mass is 169 g/mol. The van der Waals surface area contributed by atoms with Crippen LogP contribution in [0.3, 0.4) is 0 Å². The van der Waals surface area contributed by atoms with Gasteiger partial charge in [0.2, 0.25) is 0 Å². The third-order valence-corrected chi connectivity index (χ3v) is 3.26. The summed E-state index contributed by atoms with van der Waals surface area (Å²) in [7, 11) is 0. The van der Waals surface area contributed by atoms with Crippen molar-refractivity contribution in [3.63, 3.8) is 0 Å². The minimum absolute atomic E-state index is 0.572. The van der Waals surface area contributed by atoms with Crippen molar-refractivity contribution in [3.8, 4) is 0 Å². The van der Waals surface area contributed by atoms with Gasteiger partial charge in [-0.25, -0.2) is 5.01 Å². The first-order valence-corrected chi connectivity index (χ1v) is 4.96. The van der Waals surface area contributed by atoms with Gasteiger partial charge in [-0.3, -0.25) is 5.84 Å². The summed E-state index contributed by atoms with van der Waals surface area (Å²) >= 11 is 0. The molecule has 3 heteroatoms. The molecular formula is C9H19N3. The van der Waals surface area contributed by atoms with E-state index in [0.29, 0.717) is 5.41 Å². The number of rotatable bonds is 1. The standard InChI is InChI=1S/C9H19N3/c1-2-11-5-3-4-9(6-11)7-12(10)8-9/h2-8,10H2,1H3. The second-order valence-electron chi connectivity index (χ2n) is 4.38. The smallest absolute Gasteiger partial charge is 0.0210 e. The molecule has 0 aliphatic carbocycles. The van der Waals surface area contributed by atoms with Gasteiger partial charge in [0.1, 0.15) is 0 Å². The van der Waals surface area contributed by atoms with Gasteiger partial charge in [-0.2, -0.15) is 0 Å². The first-order chi connectivity index (χ1) is 5.74. The minimum atomic E-state index is 0.572. The van der Waals surface area contributed by atoms with Gasteiger partial charge in [-0.15, -0.1) is 0 Å². The van der Waals surface area contributed by atoms with Crippen LogP contribution in [0.4, 0.5) is 0 Å². The van der Waals surface area contributed by atoms with Gasteiger partial charge in [0.25, 0.3) is 0 Å². The molecule has 2 N–H and O–H groups in total. The molecular weight excluding hydrogens is 150 g/mol. The van der Waals surface area contributed by atoms with Crippen LogP contribution in [0.5, 0.6) is 0 Å². The third kappa shape index (κ3) is 1.37. The van der Waals surface area contributed by atoms with E-state index in [2.05, 4.69) is 11.8 Å². The Hall–Kier alpha value is -0.120. The van der Waals surface area contributed by atoms with Gasteiger partial charge in [0.15, 0.2) is 0 Å². The number of piperidine rings is 1. The Balaban J connectivity index is 1.91. The van der Waals surface area contributed by atoms with E-state index in [1.54, 1.807) is 0 Å². The van der Waals surface area contributed by atoms with E-state index < -0.39 is 0 Å². The Bertz CT molecular complexity index is 158. The molecule has 0 saturated carbocycles. The van der Waals surface area contributed by atoms with E-state index in [0.717, 1.165) is 13.1 Å². The summed E-state index contributed by atoms with van der Waals surface area (Å²) in [5.74, 6) is 5.69. The highest BCUT2D eigenvalue weighted by Gasteiger charge is 2.43. The zero-order valence-corrected chi connectivity index (χ0v) is 7.92. The number of nitrogens with zero attached hydrogens (tertiary/aromatic N) is 2. The van der Waals surface area contributed by atoms with Crippen molar-refractivity contribution in [2.75, 3.05) is 32.7 Å². The lowest BCUT2D eigenvalue weighted by atomic mass is 9.74. The van der Waals surface area contributed by atoms with Crippen LogP contribution in [-0.2, 0) is 0 Å². The fourth-order valence-corrected chi connectivity index (χ4v) is 2.65. The average molecular weight is 169 g/mol. The van der Waals surface area contributed by atoms with Crippen molar-refractivity contribution in [1.29, 1.82) is 0 Å². The van der Waals surface area contributed by atoms with Crippen LogP contribution in [-0.4, -0.2) is 42.6 Å². The number of hydrazine groups is 1. The number of hydrogen-bond acceptors (Lipinski definition) is 3. The summed E-state index contributed by atoms with van der Waals surface area (Å²) in [5, 5.41) is 1.94. The van der Waals surface area contributed by atoms with E-state index in [-0.39, 0.29) is 0 Å². The minimum Gasteiger partial charge on any atom is -0.303 e. The van der Waals surface area contributed by atoms with Gasteiger partial charge in [-0.05, 0) is 25.9 Å². The van der Waals surface area contributed by atoms with Crippen molar-refractivity contribution in [2.45, 2.75) is 19.8 Å². The second-order valence-corrected chi connectivity index (χ2v) is 4.38. The molecule has 2 saturated heterocycles. The van der Waals surface area contributed by atoms with Gasteiger partial charge in [0.05, 0.1) is 0 Å². The highest BCUT2D eigenvalue weighted by Crippen LogP contribution is 2.36. The largest absolute Gasteiger partial charge is 0.303 e. The maximum atomic E-state index is 5.69. The Morgan fingerprint density at radius 2 is 2.08 bits per heavy atom. The molecule has 1 spiro atoms. The molecule has 70 valence electrons. The van der Waals surface area contributed by atoms with Crippen LogP contribution in [0.25, 0.3) is 0 Å². The third-order valence-electron chi connectivity index (χ3n) is 3.26. The van der Waals surface area contributed by atoms with Crippen LogP contribution in [0.2, 0.25) is 0 Å². The zero-order chi connectivity index (χ0) is 8.60. The molecule has 0 aromatic heterocycles. The van der Waals surface area contributed by atoms with Crippen LogP contribution < -0.4 is 5.84 Å². The number of nitrogens with two attached hydrogens (primary N) is 1. The van der Waals surface area contributed by atoms with Gasteiger partial charge >= 0.3 is 0 Å². The van der Waals surface area contributed by atoms with Crippen molar-refractivity contribution in [2.24, 2.45) is 11.3 Å². The quantitative estimate of drug-likeness (QED) is 0.572. The van der Waals surface area contributed by atoms with Gasteiger partial charge in [-0.1, -0.05) is 6.92 Å². The highest BCUT2D eigenvalue weighted by atomic mass is 15.5. The van der Waals surface area contributed by atoms with Gasteiger partial charge in [0, 0.05) is 25.0 Å². The van der Waals surface area contributed by atoms with E-state index in [9.17, 15) is 0 Å². The molecule has 0 radical (unpaired) electrons. The number of likely N-dealkylation sites (tertiary alicyclic amines) is 1. The highest BCUT2D eigenvalue weighted by molar-refractivity contribution is 4.97. The summed E-state index contributed by atoms with van der Waals surface area (Å²) < 4.78 is 0. The molecule has 0 unspecified atom stereocenters. The summed E-state index contributed by atoms with van der Waals surface area (Å²) in [5.41, 5.74) is 0.572. The van der Waals surface area contributed by atoms with Crippen molar-refractivity contribution in [3.05, 3.63) is 0 Å². The van der Waals surface area contributed by atoms with Crippen molar-refractivity contribution in [1.82, 2.24) is 9.91 Å². The van der Waals surface area contributed by atoms with Crippen molar-refractivity contribution >= 4 is 0 Å². The fraction of sp³-hybridized carbons (Fsp3) is 1.00. The summed E-state index contributed by atoms with van der Waals surface area (Å²) in [4.78, 5) is 2.55. The first-order valence-electron chi connectivity index (χ1n) is 4.96. The normalized spacial score (nSPS) is 30.5. The molecule has 2 heterocycles. The molecule has 2 aliphatic rings. The molecule has 0 bridgehead atoms. The maximum absolute atomic E-state index is 5.69. The van der Waals surface area contributed by atoms with Crippen LogP contribution >= 0.6 is 0 Å². The molecule has 2 rings (SSSR count). The van der Waals surface area contributed by atoms with Crippen LogP contribution in [0.15, 0.2) is 0 Å². The summed E-state index contributed by atoms with van der Waals surface area (Å²) in [6.45, 7) is 8.25.